The lowest BCUT2D eigenvalue weighted by molar-refractivity contribution is -0.111. The van der Waals surface area contributed by atoms with Crippen LogP contribution in [0.25, 0.3) is 0 Å². The van der Waals surface area contributed by atoms with Gasteiger partial charge in [-0.25, -0.2) is 8.51 Å². The molecule has 1 aliphatic carbocycles. The minimum Gasteiger partial charge on any atom is -0.343 e. The van der Waals surface area contributed by atoms with Crippen LogP contribution in [0.1, 0.15) is 19.8 Å². The highest BCUT2D eigenvalue weighted by atomic mass is 32.2. The average Bonchev–Trinajstić information content (AvgIpc) is 2.79. The lowest BCUT2D eigenvalue weighted by atomic mass is 10.1. The summed E-state index contributed by atoms with van der Waals surface area (Å²) < 4.78 is 13.7. The van der Waals surface area contributed by atoms with Crippen molar-refractivity contribution in [3.63, 3.8) is 0 Å². The van der Waals surface area contributed by atoms with Gasteiger partial charge in [0.2, 0.25) is 6.41 Å². The highest BCUT2D eigenvalue weighted by molar-refractivity contribution is 7.86. The highest BCUT2D eigenvalue weighted by Crippen LogP contribution is 2.27. The number of nitrogens with one attached hydrogen (secondary N) is 1. The molecular formula is C14H23N3O2S. The molecule has 0 aromatic carbocycles. The zero-order valence-electron chi connectivity index (χ0n) is 12.3. The highest BCUT2D eigenvalue weighted by Gasteiger charge is 2.33. The summed E-state index contributed by atoms with van der Waals surface area (Å²) >= 11 is 0. The molecule has 4 atom stereocenters. The molecule has 2 rings (SSSR count). The van der Waals surface area contributed by atoms with Gasteiger partial charge in [-0.05, 0) is 38.9 Å². The molecule has 0 saturated carbocycles. The molecule has 0 bridgehead atoms. The molecule has 2 aliphatic rings. The van der Waals surface area contributed by atoms with Crippen molar-refractivity contribution >= 4 is 17.4 Å². The number of rotatable bonds is 5. The summed E-state index contributed by atoms with van der Waals surface area (Å²) in [6, 6.07) is 0.278. The van der Waals surface area contributed by atoms with E-state index in [1.54, 1.807) is 4.31 Å². The van der Waals surface area contributed by atoms with Gasteiger partial charge >= 0.3 is 0 Å². The molecule has 0 aromatic rings. The third-order valence-corrected chi connectivity index (χ3v) is 5.18. The maximum atomic E-state index is 12.0. The summed E-state index contributed by atoms with van der Waals surface area (Å²) in [7, 11) is 2.54. The Bertz CT molecular complexity index is 448. The van der Waals surface area contributed by atoms with Crippen LogP contribution in [0.3, 0.4) is 0 Å². The van der Waals surface area contributed by atoms with Crippen LogP contribution in [0.15, 0.2) is 23.1 Å². The number of carbonyl (C=O) groups excluding carboxylic acids is 1. The van der Waals surface area contributed by atoms with Crippen molar-refractivity contribution in [1.29, 1.82) is 0 Å². The molecule has 0 aromatic heterocycles. The van der Waals surface area contributed by atoms with Gasteiger partial charge in [0, 0.05) is 12.6 Å². The maximum absolute atomic E-state index is 12.0. The molecule has 1 saturated heterocycles. The second kappa shape index (κ2) is 6.65. The molecule has 0 spiro atoms. The van der Waals surface area contributed by atoms with Crippen molar-refractivity contribution < 1.29 is 9.00 Å². The summed E-state index contributed by atoms with van der Waals surface area (Å²) in [5.74, 6) is 0.585. The monoisotopic (exact) mass is 297 g/mol. The van der Waals surface area contributed by atoms with E-state index in [9.17, 15) is 9.00 Å². The average molecular weight is 297 g/mol. The first-order valence-electron chi connectivity index (χ1n) is 6.96. The van der Waals surface area contributed by atoms with Crippen LogP contribution >= 0.6 is 0 Å². The first-order valence-corrected chi connectivity index (χ1v) is 8.06. The topological polar surface area (TPSA) is 52.7 Å². The summed E-state index contributed by atoms with van der Waals surface area (Å²) in [4.78, 5) is 13.9. The zero-order valence-corrected chi connectivity index (χ0v) is 13.1. The third kappa shape index (κ3) is 3.37. The fourth-order valence-electron chi connectivity index (χ4n) is 2.86. The largest absolute Gasteiger partial charge is 0.343 e. The van der Waals surface area contributed by atoms with Crippen molar-refractivity contribution in [2.75, 3.05) is 20.6 Å². The van der Waals surface area contributed by atoms with Crippen LogP contribution in [-0.2, 0) is 15.8 Å². The van der Waals surface area contributed by atoms with Crippen molar-refractivity contribution in [2.45, 2.75) is 32.0 Å². The number of carbonyl (C=O) groups is 1. The number of hydrogen-bond acceptors (Lipinski definition) is 3. The minimum absolute atomic E-state index is 0.117. The Balaban J connectivity index is 2.01. The van der Waals surface area contributed by atoms with Crippen molar-refractivity contribution in [3.8, 4) is 0 Å². The Hall–Kier alpha value is -0.980. The van der Waals surface area contributed by atoms with Gasteiger partial charge in [-0.15, -0.1) is 0 Å². The van der Waals surface area contributed by atoms with Gasteiger partial charge in [0.15, 0.2) is 0 Å². The second-order valence-corrected chi connectivity index (χ2v) is 7.37. The van der Waals surface area contributed by atoms with E-state index in [2.05, 4.69) is 23.2 Å². The first-order chi connectivity index (χ1) is 9.52. The quantitative estimate of drug-likeness (QED) is 0.765. The lowest BCUT2D eigenvalue weighted by Gasteiger charge is -2.31. The lowest BCUT2D eigenvalue weighted by Crippen LogP contribution is -2.46. The molecule has 1 aliphatic heterocycles. The Morgan fingerprint density at radius 3 is 2.80 bits per heavy atom. The normalized spacial score (nSPS) is 32.2. The standard InChI is InChI=1S/C14H23N3O2S/c1-11-8-14(15-10-18)17(9-11)12-4-6-13(7-5-12)20(19)16(2)3/h4,6-7,10-12,14H,5,8-9H2,1-3H3,(H,15,18). The summed E-state index contributed by atoms with van der Waals surface area (Å²) in [5, 5.41) is 2.90. The molecule has 0 radical (unpaired) electrons. The molecule has 1 N–H and O–H groups in total. The predicted octanol–water partition coefficient (Wildman–Crippen LogP) is 0.838. The first kappa shape index (κ1) is 15.4. The summed E-state index contributed by atoms with van der Waals surface area (Å²) in [6.07, 6.45) is 8.83. The molecule has 6 heteroatoms. The Morgan fingerprint density at radius 2 is 2.25 bits per heavy atom. The third-order valence-electron chi connectivity index (χ3n) is 3.81. The van der Waals surface area contributed by atoms with Crippen molar-refractivity contribution in [3.05, 3.63) is 23.1 Å². The van der Waals surface area contributed by atoms with Crippen molar-refractivity contribution in [2.24, 2.45) is 5.92 Å². The van der Waals surface area contributed by atoms with Crippen LogP contribution < -0.4 is 5.32 Å². The molecule has 5 nitrogen and oxygen atoms in total. The van der Waals surface area contributed by atoms with E-state index >= 15 is 0 Å². The molecule has 1 amide bonds. The van der Waals surface area contributed by atoms with Crippen LogP contribution in [0, 0.1) is 5.92 Å². The Labute approximate surface area is 123 Å². The van der Waals surface area contributed by atoms with Gasteiger partial charge in [-0.2, -0.15) is 0 Å². The van der Waals surface area contributed by atoms with Crippen molar-refractivity contribution in [1.82, 2.24) is 14.5 Å². The molecule has 1 heterocycles. The van der Waals surface area contributed by atoms with E-state index in [4.69, 9.17) is 0 Å². The van der Waals surface area contributed by atoms with E-state index in [1.807, 2.05) is 26.2 Å². The number of amides is 1. The second-order valence-electron chi connectivity index (χ2n) is 5.67. The van der Waals surface area contributed by atoms with Gasteiger partial charge in [0.05, 0.1) is 11.1 Å². The summed E-state index contributed by atoms with van der Waals surface area (Å²) in [6.45, 7) is 3.19. The fraction of sp³-hybridized carbons (Fsp3) is 0.643. The molecule has 112 valence electrons. The number of allylic oxidation sites excluding steroid dienone is 1. The van der Waals surface area contributed by atoms with Crippen LogP contribution in [0.2, 0.25) is 0 Å². The molecular weight excluding hydrogens is 274 g/mol. The zero-order chi connectivity index (χ0) is 14.7. The van der Waals surface area contributed by atoms with E-state index < -0.39 is 11.0 Å². The maximum Gasteiger partial charge on any atom is 0.208 e. The SMILES string of the molecule is CC1CC(NC=O)N(C2C=CC(S(=O)N(C)C)=CC2)C1. The van der Waals surface area contributed by atoms with E-state index in [0.29, 0.717) is 5.92 Å². The Morgan fingerprint density at radius 1 is 1.50 bits per heavy atom. The van der Waals surface area contributed by atoms with E-state index in [1.165, 1.54) is 0 Å². The fourth-order valence-corrected chi connectivity index (χ4v) is 3.72. The number of nitrogens with zero attached hydrogens (tertiary/aromatic N) is 2. The van der Waals surface area contributed by atoms with E-state index in [0.717, 1.165) is 30.7 Å². The van der Waals surface area contributed by atoms with Gasteiger partial charge in [-0.1, -0.05) is 19.1 Å². The predicted molar refractivity (Wildman–Crippen MR) is 80.9 cm³/mol. The van der Waals surface area contributed by atoms with Gasteiger partial charge in [0.25, 0.3) is 0 Å². The minimum atomic E-state index is -1.08. The number of likely N-dealkylation sites (tertiary alicyclic amines) is 1. The Kier molecular flexibility index (Phi) is 5.12. The van der Waals surface area contributed by atoms with Crippen LogP contribution in [0.5, 0.6) is 0 Å². The van der Waals surface area contributed by atoms with Crippen LogP contribution in [-0.4, -0.2) is 52.7 Å². The molecule has 1 fully saturated rings. The molecule has 20 heavy (non-hydrogen) atoms. The van der Waals surface area contributed by atoms with Gasteiger partial charge in [-0.3, -0.25) is 9.69 Å². The van der Waals surface area contributed by atoms with Gasteiger partial charge in [0.1, 0.15) is 11.0 Å². The molecule has 4 unspecified atom stereocenters. The smallest absolute Gasteiger partial charge is 0.208 e. The van der Waals surface area contributed by atoms with E-state index in [-0.39, 0.29) is 12.2 Å². The van der Waals surface area contributed by atoms with Crippen LogP contribution in [0.4, 0.5) is 0 Å². The van der Waals surface area contributed by atoms with Gasteiger partial charge < -0.3 is 5.32 Å². The summed E-state index contributed by atoms with van der Waals surface area (Å²) in [5.41, 5.74) is 0. The number of hydrogen-bond donors (Lipinski definition) is 1.